The molecule has 0 aromatic carbocycles. The summed E-state index contributed by atoms with van der Waals surface area (Å²) in [6, 6.07) is 4.06. The number of ether oxygens (including phenoxy) is 1. The average Bonchev–Trinajstić information content (AvgIpc) is 2.91. The lowest BCUT2D eigenvalue weighted by molar-refractivity contribution is -0.0389. The number of hydrogen-bond acceptors (Lipinski definition) is 2. The number of nitrogens with zero attached hydrogens (tertiary/aromatic N) is 1. The Morgan fingerprint density at radius 1 is 1.28 bits per heavy atom. The van der Waals surface area contributed by atoms with Gasteiger partial charge in [-0.05, 0) is 42.2 Å². The lowest BCUT2D eigenvalue weighted by Gasteiger charge is -2.39. The Morgan fingerprint density at radius 3 is 2.28 bits per heavy atom. The molecule has 2 nitrogen and oxygen atoms in total. The molecule has 1 saturated carbocycles. The van der Waals surface area contributed by atoms with Crippen LogP contribution in [0, 0.1) is 11.8 Å². The monoisotopic (exact) mass is 247 g/mol. The number of hydrogen-bond donors (Lipinski definition) is 0. The normalized spacial score (nSPS) is 28.9. The smallest absolute Gasteiger partial charge is 0.0712 e. The van der Waals surface area contributed by atoms with Crippen molar-refractivity contribution >= 4 is 0 Å². The number of rotatable bonds is 2. The first kappa shape index (κ1) is 13.5. The third-order valence-corrected chi connectivity index (χ3v) is 4.28. The minimum absolute atomic E-state index is 0.338. The maximum absolute atomic E-state index is 5.68. The molecule has 100 valence electrons. The molecule has 2 bridgehead atoms. The first-order chi connectivity index (χ1) is 8.53. The number of pyridine rings is 1. The van der Waals surface area contributed by atoms with Crippen molar-refractivity contribution in [3.8, 4) is 0 Å². The van der Waals surface area contributed by atoms with E-state index in [0.29, 0.717) is 11.5 Å². The first-order valence-electron chi connectivity index (χ1n) is 7.07. The fourth-order valence-corrected chi connectivity index (χ4v) is 2.79. The maximum Gasteiger partial charge on any atom is 0.0712 e. The quantitative estimate of drug-likeness (QED) is 0.787. The Morgan fingerprint density at radius 2 is 2.00 bits per heavy atom. The van der Waals surface area contributed by atoms with E-state index in [1.54, 1.807) is 6.20 Å². The van der Waals surface area contributed by atoms with Gasteiger partial charge in [-0.1, -0.05) is 33.8 Å². The van der Waals surface area contributed by atoms with Crippen molar-refractivity contribution in [3.63, 3.8) is 0 Å². The topological polar surface area (TPSA) is 22.1 Å². The molecule has 2 heteroatoms. The fraction of sp³-hybridized carbons (Fsp3) is 0.688. The zero-order valence-corrected chi connectivity index (χ0v) is 12.0. The van der Waals surface area contributed by atoms with Crippen LogP contribution < -0.4 is 0 Å². The summed E-state index contributed by atoms with van der Waals surface area (Å²) in [6.45, 7) is 9.90. The van der Waals surface area contributed by atoms with Crippen LogP contribution >= 0.6 is 0 Å². The largest absolute Gasteiger partial charge is 0.374 e. The van der Waals surface area contributed by atoms with Gasteiger partial charge in [-0.2, -0.15) is 0 Å². The summed E-state index contributed by atoms with van der Waals surface area (Å²) in [6.07, 6.45) is 6.38. The SMILES string of the molecule is CC(C)C12CC(CO1)C2.CC(C)c1cccnc1. The summed E-state index contributed by atoms with van der Waals surface area (Å²) in [5.41, 5.74) is 1.64. The van der Waals surface area contributed by atoms with E-state index in [2.05, 4.69) is 38.7 Å². The molecular weight excluding hydrogens is 222 g/mol. The summed E-state index contributed by atoms with van der Waals surface area (Å²) >= 11 is 0. The van der Waals surface area contributed by atoms with Crippen LogP contribution in [-0.2, 0) is 4.74 Å². The summed E-state index contributed by atoms with van der Waals surface area (Å²) < 4.78 is 5.68. The Labute approximate surface area is 111 Å². The van der Waals surface area contributed by atoms with Crippen molar-refractivity contribution in [2.75, 3.05) is 6.61 Å². The molecule has 0 radical (unpaired) electrons. The van der Waals surface area contributed by atoms with Crippen LogP contribution in [0.2, 0.25) is 0 Å². The minimum Gasteiger partial charge on any atom is -0.374 e. The minimum atomic E-state index is 0.338. The molecule has 0 atom stereocenters. The van der Waals surface area contributed by atoms with Crippen molar-refractivity contribution in [2.45, 2.75) is 52.1 Å². The van der Waals surface area contributed by atoms with Gasteiger partial charge in [0.15, 0.2) is 0 Å². The van der Waals surface area contributed by atoms with E-state index >= 15 is 0 Å². The highest BCUT2D eigenvalue weighted by atomic mass is 16.5. The zero-order valence-electron chi connectivity index (χ0n) is 12.0. The molecule has 4 rings (SSSR count). The molecule has 0 unspecified atom stereocenters. The van der Waals surface area contributed by atoms with Gasteiger partial charge >= 0.3 is 0 Å². The van der Waals surface area contributed by atoms with Crippen LogP contribution in [0.15, 0.2) is 24.5 Å². The van der Waals surface area contributed by atoms with Gasteiger partial charge in [-0.25, -0.2) is 0 Å². The van der Waals surface area contributed by atoms with Crippen LogP contribution in [0.5, 0.6) is 0 Å². The molecule has 1 aromatic heterocycles. The Kier molecular flexibility index (Phi) is 4.06. The first-order valence-corrected chi connectivity index (χ1v) is 7.07. The van der Waals surface area contributed by atoms with Crippen molar-refractivity contribution < 1.29 is 4.74 Å². The van der Waals surface area contributed by atoms with Crippen LogP contribution in [-0.4, -0.2) is 17.2 Å². The molecule has 1 aliphatic carbocycles. The third kappa shape index (κ3) is 2.74. The molecule has 0 amide bonds. The van der Waals surface area contributed by atoms with E-state index in [-0.39, 0.29) is 0 Å². The van der Waals surface area contributed by atoms with Gasteiger partial charge in [0.25, 0.3) is 0 Å². The molecule has 3 aliphatic rings. The molecule has 0 spiro atoms. The number of aromatic nitrogens is 1. The second-order valence-electron chi connectivity index (χ2n) is 6.25. The molecule has 0 N–H and O–H groups in total. The summed E-state index contributed by atoms with van der Waals surface area (Å²) in [4.78, 5) is 4.01. The third-order valence-electron chi connectivity index (χ3n) is 4.28. The van der Waals surface area contributed by atoms with Crippen molar-refractivity contribution in [2.24, 2.45) is 11.8 Å². The molecule has 2 aliphatic heterocycles. The van der Waals surface area contributed by atoms with E-state index in [1.165, 1.54) is 18.4 Å². The average molecular weight is 247 g/mol. The second-order valence-corrected chi connectivity index (χ2v) is 6.25. The van der Waals surface area contributed by atoms with E-state index in [0.717, 1.165) is 18.4 Å². The molecule has 18 heavy (non-hydrogen) atoms. The van der Waals surface area contributed by atoms with Gasteiger partial charge in [-0.15, -0.1) is 0 Å². The second kappa shape index (κ2) is 5.40. The van der Waals surface area contributed by atoms with Crippen molar-refractivity contribution in [3.05, 3.63) is 30.1 Å². The van der Waals surface area contributed by atoms with E-state index in [4.69, 9.17) is 4.74 Å². The Bertz CT molecular complexity index is 360. The fourth-order valence-electron chi connectivity index (χ4n) is 2.79. The van der Waals surface area contributed by atoms with Gasteiger partial charge in [0.2, 0.25) is 0 Å². The van der Waals surface area contributed by atoms with Crippen molar-refractivity contribution in [1.82, 2.24) is 4.98 Å². The maximum atomic E-state index is 5.68. The van der Waals surface area contributed by atoms with Crippen LogP contribution in [0.25, 0.3) is 0 Å². The van der Waals surface area contributed by atoms with Gasteiger partial charge in [-0.3, -0.25) is 4.98 Å². The van der Waals surface area contributed by atoms with Gasteiger partial charge in [0.05, 0.1) is 12.2 Å². The Hall–Kier alpha value is -0.890. The highest BCUT2D eigenvalue weighted by molar-refractivity contribution is 5.12. The van der Waals surface area contributed by atoms with Gasteiger partial charge < -0.3 is 4.74 Å². The van der Waals surface area contributed by atoms with Gasteiger partial charge in [0.1, 0.15) is 0 Å². The predicted octanol–water partition coefficient (Wildman–Crippen LogP) is 4.03. The molecule has 2 saturated heterocycles. The summed E-state index contributed by atoms with van der Waals surface area (Å²) in [5.74, 6) is 2.25. The molecule has 3 fully saturated rings. The van der Waals surface area contributed by atoms with Crippen molar-refractivity contribution in [1.29, 1.82) is 0 Å². The van der Waals surface area contributed by atoms with E-state index in [1.807, 2.05) is 12.3 Å². The zero-order chi connectivity index (χ0) is 13.2. The standard InChI is InChI=1S/C8H11N.C8H14O/c1-7(2)8-4-3-5-9-6-8;1-6(2)8-3-7(4-8)5-9-8/h3-7H,1-2H3;6-7H,3-5H2,1-2H3. The predicted molar refractivity (Wildman–Crippen MR) is 74.6 cm³/mol. The van der Waals surface area contributed by atoms with Crippen LogP contribution in [0.1, 0.15) is 52.0 Å². The summed E-state index contributed by atoms with van der Waals surface area (Å²) in [7, 11) is 0. The van der Waals surface area contributed by atoms with E-state index < -0.39 is 0 Å². The molecular formula is C16H25NO. The van der Waals surface area contributed by atoms with Crippen LogP contribution in [0.4, 0.5) is 0 Å². The highest BCUT2D eigenvalue weighted by Crippen LogP contribution is 2.52. The molecule has 3 heterocycles. The number of fused-ring (bicyclic) bond motifs is 1. The Balaban J connectivity index is 0.000000134. The van der Waals surface area contributed by atoms with Crippen LogP contribution in [0.3, 0.4) is 0 Å². The highest BCUT2D eigenvalue weighted by Gasteiger charge is 2.53. The lowest BCUT2D eigenvalue weighted by atomic mass is 9.69. The van der Waals surface area contributed by atoms with E-state index in [9.17, 15) is 0 Å². The lowest BCUT2D eigenvalue weighted by Crippen LogP contribution is -2.41. The molecule has 1 aromatic rings. The summed E-state index contributed by atoms with van der Waals surface area (Å²) in [5, 5.41) is 0. The van der Waals surface area contributed by atoms with Gasteiger partial charge in [0, 0.05) is 12.4 Å².